The second-order valence-corrected chi connectivity index (χ2v) is 9.50. The van der Waals surface area contributed by atoms with Crippen molar-refractivity contribution in [3.63, 3.8) is 0 Å². The highest BCUT2D eigenvalue weighted by molar-refractivity contribution is 6.57. The fraction of sp³-hybridized carbons (Fsp3) is 0.500. The van der Waals surface area contributed by atoms with Crippen LogP contribution in [0, 0.1) is 0 Å². The van der Waals surface area contributed by atoms with Crippen LogP contribution < -0.4 is 4.53 Å². The van der Waals surface area contributed by atoms with Crippen LogP contribution >= 0.6 is 0 Å². The van der Waals surface area contributed by atoms with E-state index in [4.69, 9.17) is 4.53 Å². The van der Waals surface area contributed by atoms with Crippen molar-refractivity contribution in [1.82, 2.24) is 9.94 Å². The van der Waals surface area contributed by atoms with Crippen LogP contribution in [0.25, 0.3) is 10.9 Å². The molecule has 4 heteroatoms. The summed E-state index contributed by atoms with van der Waals surface area (Å²) < 4.78 is 6.20. The van der Waals surface area contributed by atoms with Crippen LogP contribution in [0.5, 0.6) is 0 Å². The molecule has 1 radical (unpaired) electrons. The highest BCUT2D eigenvalue weighted by atomic mass is 28.3. The number of nitrogens with zero attached hydrogens (tertiary/aromatic N) is 2. The predicted octanol–water partition coefficient (Wildman–Crippen LogP) is 3.67. The summed E-state index contributed by atoms with van der Waals surface area (Å²) in [4.78, 5) is 1.70. The largest absolute Gasteiger partial charge is 0.454 e. The number of benzene rings is 1. The number of fused-ring (bicyclic) bond motifs is 1. The molecule has 1 aromatic heterocycles. The Kier molecular flexibility index (Phi) is 3.48. The first-order valence-corrected chi connectivity index (χ1v) is 7.86. The molecular formula is C14H21N2OSi. The van der Waals surface area contributed by atoms with Gasteiger partial charge in [-0.3, -0.25) is 0 Å². The third-order valence-electron chi connectivity index (χ3n) is 2.89. The van der Waals surface area contributed by atoms with Gasteiger partial charge in [-0.25, -0.2) is 0 Å². The molecule has 1 heterocycles. The lowest BCUT2D eigenvalue weighted by Gasteiger charge is -2.30. The van der Waals surface area contributed by atoms with Crippen molar-refractivity contribution < 1.29 is 4.53 Å². The Labute approximate surface area is 110 Å². The molecule has 0 aliphatic heterocycles. The van der Waals surface area contributed by atoms with Crippen molar-refractivity contribution in [2.24, 2.45) is 0 Å². The van der Waals surface area contributed by atoms with Gasteiger partial charge < -0.3 is 4.53 Å². The SMILES string of the molecule is CC(C)[Si](On1ncc2ccccc21)C(C)(C)C. The maximum Gasteiger partial charge on any atom is 0.328 e. The summed E-state index contributed by atoms with van der Waals surface area (Å²) in [5.41, 5.74) is 1.59. The highest BCUT2D eigenvalue weighted by Crippen LogP contribution is 2.33. The molecule has 3 nitrogen and oxygen atoms in total. The quantitative estimate of drug-likeness (QED) is 0.788. The lowest BCUT2D eigenvalue weighted by Crippen LogP contribution is -2.40. The van der Waals surface area contributed by atoms with E-state index in [-0.39, 0.29) is 5.04 Å². The summed E-state index contributed by atoms with van der Waals surface area (Å²) in [6, 6.07) is 8.14. The van der Waals surface area contributed by atoms with Crippen LogP contribution in [0.1, 0.15) is 34.6 Å². The zero-order chi connectivity index (χ0) is 13.3. The van der Waals surface area contributed by atoms with Crippen LogP contribution in [0.3, 0.4) is 0 Å². The van der Waals surface area contributed by atoms with Crippen LogP contribution in [0.15, 0.2) is 30.5 Å². The number of para-hydroxylation sites is 1. The van der Waals surface area contributed by atoms with Crippen LogP contribution in [-0.4, -0.2) is 19.0 Å². The Balaban J connectivity index is 2.32. The van der Waals surface area contributed by atoms with E-state index in [1.165, 1.54) is 0 Å². The molecule has 0 aliphatic carbocycles. The van der Waals surface area contributed by atoms with E-state index in [0.29, 0.717) is 5.54 Å². The Morgan fingerprint density at radius 1 is 1.22 bits per heavy atom. The summed E-state index contributed by atoms with van der Waals surface area (Å²) in [6.07, 6.45) is 1.86. The Hall–Kier alpha value is -1.29. The smallest absolute Gasteiger partial charge is 0.328 e. The Morgan fingerprint density at radius 2 is 1.89 bits per heavy atom. The maximum absolute atomic E-state index is 6.20. The van der Waals surface area contributed by atoms with Gasteiger partial charge in [0.25, 0.3) is 0 Å². The van der Waals surface area contributed by atoms with Crippen molar-refractivity contribution in [2.45, 2.75) is 45.2 Å². The summed E-state index contributed by atoms with van der Waals surface area (Å²) in [5.74, 6) is 0. The normalized spacial score (nSPS) is 12.6. The minimum Gasteiger partial charge on any atom is -0.454 e. The summed E-state index contributed by atoms with van der Waals surface area (Å²) >= 11 is 0. The van der Waals surface area contributed by atoms with Gasteiger partial charge >= 0.3 is 9.04 Å². The first-order valence-electron chi connectivity index (χ1n) is 6.38. The lowest BCUT2D eigenvalue weighted by molar-refractivity contribution is 0.230. The molecule has 0 saturated heterocycles. The van der Waals surface area contributed by atoms with Crippen LogP contribution in [0.4, 0.5) is 0 Å². The van der Waals surface area contributed by atoms with Gasteiger partial charge in [-0.2, -0.15) is 0 Å². The summed E-state index contributed by atoms with van der Waals surface area (Å²) in [6.45, 7) is 11.2. The molecule has 0 saturated carbocycles. The standard InChI is InChI=1S/C14H21N2OSi/c1-11(2)18(14(3,4)5)17-16-13-9-7-6-8-12(13)10-15-16/h6-11H,1-5H3. The van der Waals surface area contributed by atoms with Gasteiger partial charge in [0.05, 0.1) is 6.20 Å². The fourth-order valence-corrected chi connectivity index (χ4v) is 4.77. The van der Waals surface area contributed by atoms with Crippen LogP contribution in [-0.2, 0) is 0 Å². The van der Waals surface area contributed by atoms with Crippen molar-refractivity contribution in [2.75, 3.05) is 0 Å². The zero-order valence-electron chi connectivity index (χ0n) is 11.8. The molecular weight excluding hydrogens is 240 g/mol. The number of hydrogen-bond acceptors (Lipinski definition) is 2. The zero-order valence-corrected chi connectivity index (χ0v) is 12.8. The number of rotatable bonds is 3. The average molecular weight is 261 g/mol. The average Bonchev–Trinajstić information content (AvgIpc) is 2.67. The van der Waals surface area contributed by atoms with Crippen molar-refractivity contribution in [3.05, 3.63) is 30.5 Å². The van der Waals surface area contributed by atoms with E-state index >= 15 is 0 Å². The molecule has 0 fully saturated rings. The molecule has 0 bridgehead atoms. The second-order valence-electron chi connectivity index (χ2n) is 5.94. The number of hydrogen-bond donors (Lipinski definition) is 0. The van der Waals surface area contributed by atoms with E-state index in [0.717, 1.165) is 10.9 Å². The molecule has 0 N–H and O–H groups in total. The van der Waals surface area contributed by atoms with E-state index < -0.39 is 9.04 Å². The van der Waals surface area contributed by atoms with E-state index in [2.05, 4.69) is 45.8 Å². The molecule has 0 unspecified atom stereocenters. The topological polar surface area (TPSA) is 27.1 Å². The monoisotopic (exact) mass is 261 g/mol. The molecule has 0 atom stereocenters. The van der Waals surface area contributed by atoms with Crippen molar-refractivity contribution in [3.8, 4) is 0 Å². The first-order chi connectivity index (χ1) is 8.39. The van der Waals surface area contributed by atoms with Crippen molar-refractivity contribution >= 4 is 19.9 Å². The lowest BCUT2D eigenvalue weighted by atomic mass is 10.2. The second kappa shape index (κ2) is 4.76. The maximum atomic E-state index is 6.20. The van der Waals surface area contributed by atoms with Gasteiger partial charge in [0.2, 0.25) is 0 Å². The molecule has 1 aromatic carbocycles. The van der Waals surface area contributed by atoms with Gasteiger partial charge in [0, 0.05) is 5.39 Å². The van der Waals surface area contributed by atoms with Gasteiger partial charge in [0.15, 0.2) is 0 Å². The predicted molar refractivity (Wildman–Crippen MR) is 76.9 cm³/mol. The van der Waals surface area contributed by atoms with Gasteiger partial charge in [-0.05, 0) is 16.6 Å². The summed E-state index contributed by atoms with van der Waals surface area (Å²) in [5, 5.41) is 5.66. The van der Waals surface area contributed by atoms with E-state index in [9.17, 15) is 0 Å². The Morgan fingerprint density at radius 3 is 2.50 bits per heavy atom. The molecule has 18 heavy (non-hydrogen) atoms. The highest BCUT2D eigenvalue weighted by Gasteiger charge is 2.35. The number of aromatic nitrogens is 2. The molecule has 0 aliphatic rings. The molecule has 2 rings (SSSR count). The fourth-order valence-electron chi connectivity index (χ4n) is 2.22. The van der Waals surface area contributed by atoms with E-state index in [1.807, 2.05) is 24.4 Å². The summed E-state index contributed by atoms with van der Waals surface area (Å²) in [7, 11) is -0.990. The van der Waals surface area contributed by atoms with Gasteiger partial charge in [0.1, 0.15) is 5.52 Å². The molecule has 2 aromatic rings. The molecule has 97 valence electrons. The van der Waals surface area contributed by atoms with Gasteiger partial charge in [-0.15, -0.1) is 9.94 Å². The van der Waals surface area contributed by atoms with E-state index in [1.54, 1.807) is 4.85 Å². The van der Waals surface area contributed by atoms with Crippen molar-refractivity contribution in [1.29, 1.82) is 0 Å². The third kappa shape index (κ3) is 2.58. The molecule has 0 spiro atoms. The van der Waals surface area contributed by atoms with Gasteiger partial charge in [-0.1, -0.05) is 52.8 Å². The van der Waals surface area contributed by atoms with Crippen LogP contribution in [0.2, 0.25) is 10.6 Å². The third-order valence-corrected chi connectivity index (χ3v) is 5.79. The minimum absolute atomic E-state index is 0.186. The minimum atomic E-state index is -0.990. The first kappa shape index (κ1) is 13.1. The molecule has 0 amide bonds. The Bertz CT molecular complexity index is 528.